The molecule has 1 heterocycles. The third-order valence-corrected chi connectivity index (χ3v) is 5.60. The van der Waals surface area contributed by atoms with Crippen molar-refractivity contribution in [3.8, 4) is 11.3 Å². The SMILES string of the molecule is Cc1c(-c2ccccc2)oc2c(C(=O)NC3CCCC3C)cccc2c1=O. The van der Waals surface area contributed by atoms with Crippen LogP contribution in [-0.4, -0.2) is 11.9 Å². The molecule has 1 N–H and O–H groups in total. The summed E-state index contributed by atoms with van der Waals surface area (Å²) < 4.78 is 6.14. The van der Waals surface area contributed by atoms with E-state index in [9.17, 15) is 9.59 Å². The van der Waals surface area contributed by atoms with Crippen LogP contribution in [0.3, 0.4) is 0 Å². The predicted octanol–water partition coefficient (Wildman–Crippen LogP) is 4.69. The highest BCUT2D eigenvalue weighted by Crippen LogP contribution is 2.28. The van der Waals surface area contributed by atoms with Crippen LogP contribution in [0.2, 0.25) is 0 Å². The van der Waals surface area contributed by atoms with Crippen LogP contribution in [0.15, 0.2) is 57.7 Å². The molecule has 1 amide bonds. The summed E-state index contributed by atoms with van der Waals surface area (Å²) in [6.07, 6.45) is 3.26. The van der Waals surface area contributed by atoms with Crippen molar-refractivity contribution in [2.45, 2.75) is 39.2 Å². The minimum Gasteiger partial charge on any atom is -0.455 e. The molecule has 0 radical (unpaired) electrons. The van der Waals surface area contributed by atoms with Crippen molar-refractivity contribution in [1.82, 2.24) is 5.32 Å². The number of para-hydroxylation sites is 1. The molecular weight excluding hydrogens is 338 g/mol. The Bertz CT molecular complexity index is 1050. The predicted molar refractivity (Wildman–Crippen MR) is 107 cm³/mol. The molecule has 4 nitrogen and oxygen atoms in total. The van der Waals surface area contributed by atoms with Crippen LogP contribution in [0, 0.1) is 12.8 Å². The summed E-state index contributed by atoms with van der Waals surface area (Å²) in [4.78, 5) is 25.8. The molecule has 0 spiro atoms. The van der Waals surface area contributed by atoms with E-state index in [1.165, 1.54) is 0 Å². The molecule has 0 saturated heterocycles. The summed E-state index contributed by atoms with van der Waals surface area (Å²) in [5.74, 6) is 0.811. The Morgan fingerprint density at radius 3 is 2.56 bits per heavy atom. The zero-order chi connectivity index (χ0) is 19.0. The van der Waals surface area contributed by atoms with Gasteiger partial charge < -0.3 is 9.73 Å². The molecule has 2 unspecified atom stereocenters. The molecule has 27 heavy (non-hydrogen) atoms. The fourth-order valence-electron chi connectivity index (χ4n) is 3.96. The van der Waals surface area contributed by atoms with E-state index in [0.717, 1.165) is 24.8 Å². The highest BCUT2D eigenvalue weighted by atomic mass is 16.3. The van der Waals surface area contributed by atoms with Crippen molar-refractivity contribution in [3.63, 3.8) is 0 Å². The largest absolute Gasteiger partial charge is 0.455 e. The molecule has 4 rings (SSSR count). The summed E-state index contributed by atoms with van der Waals surface area (Å²) in [6.45, 7) is 3.93. The van der Waals surface area contributed by atoms with Gasteiger partial charge in [-0.25, -0.2) is 0 Å². The second kappa shape index (κ2) is 7.03. The van der Waals surface area contributed by atoms with Crippen LogP contribution in [-0.2, 0) is 0 Å². The van der Waals surface area contributed by atoms with Gasteiger partial charge >= 0.3 is 0 Å². The smallest absolute Gasteiger partial charge is 0.255 e. The van der Waals surface area contributed by atoms with Gasteiger partial charge in [0.15, 0.2) is 11.0 Å². The lowest BCUT2D eigenvalue weighted by Crippen LogP contribution is -2.36. The zero-order valence-corrected chi connectivity index (χ0v) is 15.6. The highest BCUT2D eigenvalue weighted by molar-refractivity contribution is 6.05. The van der Waals surface area contributed by atoms with Gasteiger partial charge in [-0.2, -0.15) is 0 Å². The average molecular weight is 361 g/mol. The highest BCUT2D eigenvalue weighted by Gasteiger charge is 2.26. The fraction of sp³-hybridized carbons (Fsp3) is 0.304. The van der Waals surface area contributed by atoms with Crippen LogP contribution in [0.25, 0.3) is 22.3 Å². The monoisotopic (exact) mass is 361 g/mol. The van der Waals surface area contributed by atoms with Crippen molar-refractivity contribution in [1.29, 1.82) is 0 Å². The Morgan fingerprint density at radius 1 is 1.07 bits per heavy atom. The van der Waals surface area contributed by atoms with Crippen LogP contribution in [0.4, 0.5) is 0 Å². The Hall–Kier alpha value is -2.88. The second-order valence-corrected chi connectivity index (χ2v) is 7.42. The maximum absolute atomic E-state index is 12.9. The van der Waals surface area contributed by atoms with Gasteiger partial charge in [0.2, 0.25) is 0 Å². The minimum absolute atomic E-state index is 0.0982. The van der Waals surface area contributed by atoms with Crippen LogP contribution in [0.1, 0.15) is 42.1 Å². The summed E-state index contributed by atoms with van der Waals surface area (Å²) in [5, 5.41) is 3.57. The summed E-state index contributed by atoms with van der Waals surface area (Å²) >= 11 is 0. The summed E-state index contributed by atoms with van der Waals surface area (Å²) in [5.41, 5.74) is 2.05. The van der Waals surface area contributed by atoms with Gasteiger partial charge in [-0.3, -0.25) is 9.59 Å². The van der Waals surface area contributed by atoms with E-state index in [1.54, 1.807) is 25.1 Å². The topological polar surface area (TPSA) is 59.3 Å². The maximum Gasteiger partial charge on any atom is 0.255 e. The van der Waals surface area contributed by atoms with Crippen LogP contribution >= 0.6 is 0 Å². The number of rotatable bonds is 3. The molecular formula is C23H23NO3. The third-order valence-electron chi connectivity index (χ3n) is 5.60. The third kappa shape index (κ3) is 3.16. The second-order valence-electron chi connectivity index (χ2n) is 7.42. The molecule has 1 aliphatic carbocycles. The van der Waals surface area contributed by atoms with Gasteiger partial charge in [-0.15, -0.1) is 0 Å². The van der Waals surface area contributed by atoms with E-state index in [1.807, 2.05) is 30.3 Å². The minimum atomic E-state index is -0.176. The van der Waals surface area contributed by atoms with Gasteiger partial charge in [-0.05, 0) is 37.8 Å². The Morgan fingerprint density at radius 2 is 1.85 bits per heavy atom. The molecule has 138 valence electrons. The van der Waals surface area contributed by atoms with E-state index >= 15 is 0 Å². The Labute approximate surface area is 158 Å². The molecule has 1 fully saturated rings. The molecule has 1 aliphatic rings. The fourth-order valence-corrected chi connectivity index (χ4v) is 3.96. The van der Waals surface area contributed by atoms with Crippen LogP contribution in [0.5, 0.6) is 0 Å². The first-order valence-electron chi connectivity index (χ1n) is 9.49. The van der Waals surface area contributed by atoms with Gasteiger partial charge in [0.05, 0.1) is 10.9 Å². The number of amides is 1. The molecule has 2 aromatic carbocycles. The van der Waals surface area contributed by atoms with Crippen molar-refractivity contribution in [3.05, 3.63) is 69.9 Å². The molecule has 4 heteroatoms. The molecule has 0 bridgehead atoms. The number of hydrogen-bond acceptors (Lipinski definition) is 3. The number of carbonyl (C=O) groups is 1. The lowest BCUT2D eigenvalue weighted by molar-refractivity contribution is 0.0930. The average Bonchev–Trinajstić information content (AvgIpc) is 3.09. The van der Waals surface area contributed by atoms with E-state index in [2.05, 4.69) is 12.2 Å². The maximum atomic E-state index is 12.9. The van der Waals surface area contributed by atoms with Crippen LogP contribution < -0.4 is 10.7 Å². The van der Waals surface area contributed by atoms with E-state index in [4.69, 9.17) is 4.42 Å². The quantitative estimate of drug-likeness (QED) is 0.736. The zero-order valence-electron chi connectivity index (χ0n) is 15.6. The Kier molecular flexibility index (Phi) is 4.56. The summed E-state index contributed by atoms with van der Waals surface area (Å²) in [6, 6.07) is 14.9. The van der Waals surface area contributed by atoms with E-state index in [0.29, 0.717) is 33.8 Å². The van der Waals surface area contributed by atoms with Gasteiger partial charge in [0.1, 0.15) is 5.76 Å². The Balaban J connectivity index is 1.83. The normalized spacial score (nSPS) is 19.3. The van der Waals surface area contributed by atoms with Crippen molar-refractivity contribution in [2.24, 2.45) is 5.92 Å². The van der Waals surface area contributed by atoms with Gasteiger partial charge in [0.25, 0.3) is 5.91 Å². The molecule has 1 saturated carbocycles. The first-order valence-corrected chi connectivity index (χ1v) is 9.49. The molecule has 2 atom stereocenters. The standard InChI is InChI=1S/C23H23NO3/c1-14-8-6-13-19(14)24-23(26)18-12-7-11-17-20(25)15(2)21(27-22(17)18)16-9-4-3-5-10-16/h3-5,7,9-12,14,19H,6,8,13H2,1-2H3,(H,24,26). The molecule has 1 aromatic heterocycles. The van der Waals surface area contributed by atoms with E-state index in [-0.39, 0.29) is 17.4 Å². The lowest BCUT2D eigenvalue weighted by atomic mass is 10.0. The van der Waals surface area contributed by atoms with Gasteiger partial charge in [-0.1, -0.05) is 49.7 Å². The van der Waals surface area contributed by atoms with Crippen molar-refractivity contribution < 1.29 is 9.21 Å². The molecule has 3 aromatic rings. The number of carbonyl (C=O) groups excluding carboxylic acids is 1. The first-order chi connectivity index (χ1) is 13.1. The number of fused-ring (bicyclic) bond motifs is 1. The number of nitrogens with one attached hydrogen (secondary N) is 1. The number of hydrogen-bond donors (Lipinski definition) is 1. The first kappa shape index (κ1) is 17.5. The summed E-state index contributed by atoms with van der Waals surface area (Å²) in [7, 11) is 0. The lowest BCUT2D eigenvalue weighted by Gasteiger charge is -2.18. The van der Waals surface area contributed by atoms with Gasteiger partial charge in [0, 0.05) is 17.2 Å². The molecule has 0 aliphatic heterocycles. The van der Waals surface area contributed by atoms with Crippen molar-refractivity contribution >= 4 is 16.9 Å². The number of benzene rings is 2. The van der Waals surface area contributed by atoms with Crippen molar-refractivity contribution in [2.75, 3.05) is 0 Å². The van der Waals surface area contributed by atoms with E-state index < -0.39 is 0 Å².